The van der Waals surface area contributed by atoms with Crippen LogP contribution in [0, 0.1) is 0 Å². The number of rotatable bonds is 8. The van der Waals surface area contributed by atoms with Gasteiger partial charge < -0.3 is 25.0 Å². The fraction of sp³-hybridized carbons (Fsp3) is 0.650. The van der Waals surface area contributed by atoms with Gasteiger partial charge in [-0.2, -0.15) is 0 Å². The number of halogens is 1. The van der Waals surface area contributed by atoms with Crippen LogP contribution < -0.4 is 20.1 Å². The van der Waals surface area contributed by atoms with E-state index in [9.17, 15) is 0 Å². The summed E-state index contributed by atoms with van der Waals surface area (Å²) in [7, 11) is 5.51. The van der Waals surface area contributed by atoms with Crippen LogP contribution in [-0.2, 0) is 6.54 Å². The summed E-state index contributed by atoms with van der Waals surface area (Å²) in [6.07, 6.45) is 0. The minimum atomic E-state index is 0. The van der Waals surface area contributed by atoms with E-state index in [-0.39, 0.29) is 24.0 Å². The Morgan fingerprint density at radius 2 is 1.86 bits per heavy atom. The van der Waals surface area contributed by atoms with Crippen LogP contribution in [0.25, 0.3) is 0 Å². The van der Waals surface area contributed by atoms with Gasteiger partial charge in [0.05, 0.1) is 20.8 Å². The Morgan fingerprint density at radius 3 is 2.46 bits per heavy atom. The second-order valence-electron chi connectivity index (χ2n) is 6.94. The summed E-state index contributed by atoms with van der Waals surface area (Å²) in [6, 6.07) is 6.29. The van der Waals surface area contributed by atoms with Gasteiger partial charge in [0.1, 0.15) is 11.5 Å². The van der Waals surface area contributed by atoms with Crippen molar-refractivity contribution in [2.75, 3.05) is 60.5 Å². The van der Waals surface area contributed by atoms with Crippen molar-refractivity contribution in [3.05, 3.63) is 23.8 Å². The third kappa shape index (κ3) is 7.63. The van der Waals surface area contributed by atoms with E-state index in [1.165, 1.54) is 0 Å². The average molecular weight is 505 g/mol. The minimum absolute atomic E-state index is 0. The maximum atomic E-state index is 5.47. The molecule has 1 aromatic rings. The van der Waals surface area contributed by atoms with Crippen LogP contribution in [0.3, 0.4) is 0 Å². The third-order valence-electron chi connectivity index (χ3n) is 4.97. The van der Waals surface area contributed by atoms with Crippen LogP contribution in [0.2, 0.25) is 0 Å². The van der Waals surface area contributed by atoms with Crippen molar-refractivity contribution in [3.8, 4) is 11.5 Å². The molecule has 1 fully saturated rings. The lowest BCUT2D eigenvalue weighted by molar-refractivity contribution is 0.120. The van der Waals surface area contributed by atoms with Crippen molar-refractivity contribution in [2.45, 2.75) is 26.4 Å². The zero-order valence-electron chi connectivity index (χ0n) is 17.8. The summed E-state index contributed by atoms with van der Waals surface area (Å²) in [6.45, 7) is 11.1. The molecular weight excluding hydrogens is 469 g/mol. The minimum Gasteiger partial charge on any atom is -0.497 e. The van der Waals surface area contributed by atoms with E-state index in [1.54, 1.807) is 14.2 Å². The predicted octanol–water partition coefficient (Wildman–Crippen LogP) is 2.01. The Balaban J connectivity index is 0.00000392. The van der Waals surface area contributed by atoms with E-state index in [2.05, 4.69) is 41.3 Å². The van der Waals surface area contributed by atoms with Crippen LogP contribution in [-0.4, -0.2) is 82.3 Å². The van der Waals surface area contributed by atoms with E-state index in [0.717, 1.165) is 62.3 Å². The van der Waals surface area contributed by atoms with Gasteiger partial charge in [-0.3, -0.25) is 4.90 Å². The molecule has 1 heterocycles. The Labute approximate surface area is 186 Å². The SMILES string of the molecule is CCNC(=NCc1ccc(OC)cc1OC)NCC(C)N1CCN(C)CC1.I. The smallest absolute Gasteiger partial charge is 0.191 e. The first-order chi connectivity index (χ1) is 13.1. The highest BCUT2D eigenvalue weighted by molar-refractivity contribution is 14.0. The summed E-state index contributed by atoms with van der Waals surface area (Å²) >= 11 is 0. The monoisotopic (exact) mass is 505 g/mol. The van der Waals surface area contributed by atoms with Gasteiger partial charge >= 0.3 is 0 Å². The molecule has 160 valence electrons. The van der Waals surface area contributed by atoms with Gasteiger partial charge in [-0.05, 0) is 33.0 Å². The molecule has 0 spiro atoms. The lowest BCUT2D eigenvalue weighted by Crippen LogP contribution is -2.52. The lowest BCUT2D eigenvalue weighted by Gasteiger charge is -2.36. The molecule has 7 nitrogen and oxygen atoms in total. The molecule has 0 aromatic heterocycles. The van der Waals surface area contributed by atoms with Crippen molar-refractivity contribution in [1.29, 1.82) is 0 Å². The Bertz CT molecular complexity index is 606. The molecule has 0 bridgehead atoms. The van der Waals surface area contributed by atoms with Crippen molar-refractivity contribution in [2.24, 2.45) is 4.99 Å². The Kier molecular flexibility index (Phi) is 11.6. The zero-order chi connectivity index (χ0) is 19.6. The number of ether oxygens (including phenoxy) is 2. The fourth-order valence-corrected chi connectivity index (χ4v) is 3.12. The van der Waals surface area contributed by atoms with Gasteiger partial charge in [-0.1, -0.05) is 0 Å². The summed E-state index contributed by atoms with van der Waals surface area (Å²) in [5.41, 5.74) is 1.03. The number of methoxy groups -OCH3 is 2. The molecule has 28 heavy (non-hydrogen) atoms. The largest absolute Gasteiger partial charge is 0.497 e. The first kappa shape index (κ1) is 24.8. The number of likely N-dealkylation sites (N-methyl/N-ethyl adjacent to an activating group) is 1. The van der Waals surface area contributed by atoms with Gasteiger partial charge in [-0.25, -0.2) is 4.99 Å². The normalized spacial score (nSPS) is 16.8. The van der Waals surface area contributed by atoms with Gasteiger partial charge in [0.2, 0.25) is 0 Å². The number of hydrogen-bond donors (Lipinski definition) is 2. The fourth-order valence-electron chi connectivity index (χ4n) is 3.12. The summed E-state index contributed by atoms with van der Waals surface area (Å²) in [5.74, 6) is 2.40. The van der Waals surface area contributed by atoms with Crippen LogP contribution in [0.1, 0.15) is 19.4 Å². The third-order valence-corrected chi connectivity index (χ3v) is 4.97. The molecule has 0 amide bonds. The summed E-state index contributed by atoms with van der Waals surface area (Å²) in [4.78, 5) is 9.63. The van der Waals surface area contributed by atoms with Gasteiger partial charge in [0.15, 0.2) is 5.96 Å². The summed E-state index contributed by atoms with van der Waals surface area (Å²) in [5, 5.41) is 6.80. The highest BCUT2D eigenvalue weighted by Gasteiger charge is 2.19. The molecule has 1 atom stereocenters. The van der Waals surface area contributed by atoms with Crippen LogP contribution in [0.4, 0.5) is 0 Å². The van der Waals surface area contributed by atoms with Crippen LogP contribution >= 0.6 is 24.0 Å². The average Bonchev–Trinajstić information content (AvgIpc) is 2.70. The second kappa shape index (κ2) is 13.1. The molecular formula is C20H36IN5O2. The number of benzene rings is 1. The number of nitrogens with zero attached hydrogens (tertiary/aromatic N) is 3. The molecule has 0 aliphatic carbocycles. The Morgan fingerprint density at radius 1 is 1.14 bits per heavy atom. The number of aliphatic imine (C=N–C) groups is 1. The van der Waals surface area contributed by atoms with E-state index >= 15 is 0 Å². The van der Waals surface area contributed by atoms with E-state index in [1.807, 2.05) is 18.2 Å². The van der Waals surface area contributed by atoms with Crippen molar-refractivity contribution in [1.82, 2.24) is 20.4 Å². The van der Waals surface area contributed by atoms with E-state index in [4.69, 9.17) is 14.5 Å². The first-order valence-electron chi connectivity index (χ1n) is 9.73. The molecule has 2 rings (SSSR count). The molecule has 1 saturated heterocycles. The maximum absolute atomic E-state index is 5.47. The summed E-state index contributed by atoms with van der Waals surface area (Å²) < 4.78 is 10.7. The lowest BCUT2D eigenvalue weighted by atomic mass is 10.2. The zero-order valence-corrected chi connectivity index (χ0v) is 20.2. The predicted molar refractivity (Wildman–Crippen MR) is 126 cm³/mol. The van der Waals surface area contributed by atoms with Gasteiger partial charge in [-0.15, -0.1) is 24.0 Å². The van der Waals surface area contributed by atoms with Gasteiger partial charge in [0, 0.05) is 56.9 Å². The molecule has 1 unspecified atom stereocenters. The van der Waals surface area contributed by atoms with Gasteiger partial charge in [0.25, 0.3) is 0 Å². The highest BCUT2D eigenvalue weighted by Crippen LogP contribution is 2.25. The molecule has 2 N–H and O–H groups in total. The highest BCUT2D eigenvalue weighted by atomic mass is 127. The number of piperazine rings is 1. The molecule has 1 aliphatic heterocycles. The molecule has 0 radical (unpaired) electrons. The second-order valence-corrected chi connectivity index (χ2v) is 6.94. The van der Waals surface area contributed by atoms with Crippen molar-refractivity contribution in [3.63, 3.8) is 0 Å². The Hall–Kier alpha value is -1.26. The van der Waals surface area contributed by atoms with E-state index < -0.39 is 0 Å². The number of nitrogens with one attached hydrogen (secondary N) is 2. The molecule has 1 aromatic carbocycles. The number of hydrogen-bond acceptors (Lipinski definition) is 5. The van der Waals surface area contributed by atoms with E-state index in [0.29, 0.717) is 12.6 Å². The van der Waals surface area contributed by atoms with Crippen molar-refractivity contribution >= 4 is 29.9 Å². The van der Waals surface area contributed by atoms with Crippen LogP contribution in [0.15, 0.2) is 23.2 Å². The molecule has 8 heteroatoms. The topological polar surface area (TPSA) is 61.4 Å². The quantitative estimate of drug-likeness (QED) is 0.321. The van der Waals surface area contributed by atoms with Crippen LogP contribution in [0.5, 0.6) is 11.5 Å². The first-order valence-corrected chi connectivity index (χ1v) is 9.73. The van der Waals surface area contributed by atoms with Crippen molar-refractivity contribution < 1.29 is 9.47 Å². The number of guanidine groups is 1. The molecule has 0 saturated carbocycles. The standard InChI is InChI=1S/C20H35N5O2.HI/c1-6-21-20(22-14-16(2)25-11-9-24(3)10-12-25)23-15-17-7-8-18(26-4)13-19(17)27-5;/h7-8,13,16H,6,9-12,14-15H2,1-5H3,(H2,21,22,23);1H. The maximum Gasteiger partial charge on any atom is 0.191 e. The molecule has 1 aliphatic rings.